The second kappa shape index (κ2) is 10.4. The van der Waals surface area contributed by atoms with Gasteiger partial charge in [0.2, 0.25) is 5.91 Å². The Balaban J connectivity index is 1.53. The lowest BCUT2D eigenvalue weighted by atomic mass is 9.99. The molecule has 7 heteroatoms. The molecule has 2 aliphatic heterocycles. The van der Waals surface area contributed by atoms with Crippen LogP contribution < -0.4 is 16.4 Å². The van der Waals surface area contributed by atoms with Crippen LogP contribution in [0.3, 0.4) is 0 Å². The third-order valence-corrected chi connectivity index (χ3v) is 5.54. The van der Waals surface area contributed by atoms with Gasteiger partial charge in [0.25, 0.3) is 0 Å². The summed E-state index contributed by atoms with van der Waals surface area (Å²) in [7, 11) is 0. The number of rotatable bonds is 7. The van der Waals surface area contributed by atoms with E-state index in [1.54, 1.807) is 0 Å². The fourth-order valence-corrected chi connectivity index (χ4v) is 3.96. The number of benzene rings is 1. The molecule has 28 heavy (non-hydrogen) atoms. The summed E-state index contributed by atoms with van der Waals surface area (Å²) in [5, 5.41) is 6.15. The van der Waals surface area contributed by atoms with Crippen molar-refractivity contribution in [3.05, 3.63) is 30.3 Å². The minimum Gasteiger partial charge on any atom is -0.381 e. The highest BCUT2D eigenvalue weighted by Gasteiger charge is 2.32. The zero-order chi connectivity index (χ0) is 19.8. The third kappa shape index (κ3) is 5.94. The molecule has 0 radical (unpaired) electrons. The summed E-state index contributed by atoms with van der Waals surface area (Å²) < 4.78 is 5.45. The summed E-state index contributed by atoms with van der Waals surface area (Å²) in [4.78, 5) is 19.5. The van der Waals surface area contributed by atoms with Crippen LogP contribution in [0.25, 0.3) is 0 Å². The van der Waals surface area contributed by atoms with Crippen LogP contribution in [0.2, 0.25) is 0 Å². The SMILES string of the molecule is CCC(N=C(N)NC(=O)C1CCCN1CC1CCOCC1)Nc1ccccc1. The Kier molecular flexibility index (Phi) is 7.68. The molecule has 3 rings (SSSR count). The Hall–Kier alpha value is -2.12. The Morgan fingerprint density at radius 2 is 2.04 bits per heavy atom. The van der Waals surface area contributed by atoms with Crippen molar-refractivity contribution in [2.45, 2.75) is 51.2 Å². The normalized spacial score (nSPS) is 22.8. The molecule has 7 nitrogen and oxygen atoms in total. The van der Waals surface area contributed by atoms with Gasteiger partial charge in [-0.2, -0.15) is 0 Å². The highest BCUT2D eigenvalue weighted by atomic mass is 16.5. The number of nitrogens with one attached hydrogen (secondary N) is 2. The number of nitrogens with zero attached hydrogens (tertiary/aromatic N) is 2. The van der Waals surface area contributed by atoms with Crippen LogP contribution in [0.4, 0.5) is 5.69 Å². The number of ether oxygens (including phenoxy) is 1. The van der Waals surface area contributed by atoms with Crippen molar-refractivity contribution in [3.8, 4) is 0 Å². The van der Waals surface area contributed by atoms with Crippen LogP contribution in [-0.4, -0.2) is 55.3 Å². The van der Waals surface area contributed by atoms with E-state index in [0.717, 1.165) is 64.1 Å². The predicted octanol–water partition coefficient (Wildman–Crippen LogP) is 2.16. The molecule has 2 fully saturated rings. The second-order valence-corrected chi connectivity index (χ2v) is 7.65. The van der Waals surface area contributed by atoms with E-state index in [0.29, 0.717) is 5.92 Å². The van der Waals surface area contributed by atoms with Crippen LogP contribution in [-0.2, 0) is 9.53 Å². The summed E-state index contributed by atoms with van der Waals surface area (Å²) in [5.41, 5.74) is 7.03. The Labute approximate surface area is 167 Å². The molecule has 154 valence electrons. The van der Waals surface area contributed by atoms with Gasteiger partial charge in [-0.1, -0.05) is 25.1 Å². The zero-order valence-corrected chi connectivity index (χ0v) is 16.8. The van der Waals surface area contributed by atoms with Crippen molar-refractivity contribution >= 4 is 17.6 Å². The van der Waals surface area contributed by atoms with Gasteiger partial charge in [-0.15, -0.1) is 0 Å². The van der Waals surface area contributed by atoms with Crippen LogP contribution >= 0.6 is 0 Å². The third-order valence-electron chi connectivity index (χ3n) is 5.54. The summed E-state index contributed by atoms with van der Waals surface area (Å²) >= 11 is 0. The van der Waals surface area contributed by atoms with E-state index in [-0.39, 0.29) is 24.1 Å². The van der Waals surface area contributed by atoms with Crippen molar-refractivity contribution in [1.82, 2.24) is 10.2 Å². The number of anilines is 1. The lowest BCUT2D eigenvalue weighted by Crippen LogP contribution is -2.49. The molecular formula is C21H33N5O2. The first kappa shape index (κ1) is 20.6. The molecule has 0 aromatic heterocycles. The lowest BCUT2D eigenvalue weighted by molar-refractivity contribution is -0.124. The molecule has 0 bridgehead atoms. The quantitative estimate of drug-likeness (QED) is 0.493. The van der Waals surface area contributed by atoms with Crippen molar-refractivity contribution in [3.63, 3.8) is 0 Å². The first-order valence-corrected chi connectivity index (χ1v) is 10.4. The topological polar surface area (TPSA) is 92.0 Å². The van der Waals surface area contributed by atoms with E-state index >= 15 is 0 Å². The van der Waals surface area contributed by atoms with Crippen molar-refractivity contribution in [1.29, 1.82) is 0 Å². The lowest BCUT2D eigenvalue weighted by Gasteiger charge is -2.30. The van der Waals surface area contributed by atoms with Crippen molar-refractivity contribution in [2.24, 2.45) is 16.6 Å². The number of aliphatic imine (C=N–C) groups is 1. The van der Waals surface area contributed by atoms with Gasteiger partial charge >= 0.3 is 0 Å². The van der Waals surface area contributed by atoms with Gasteiger partial charge in [0.05, 0.1) is 6.04 Å². The standard InChI is InChI=1S/C21H33N5O2/c1-2-19(23-17-7-4-3-5-8-17)24-21(22)25-20(27)18-9-6-12-26(18)15-16-10-13-28-14-11-16/h3-5,7-8,16,18-19,23H,2,6,9-15H2,1H3,(H3,22,24,25,27). The molecule has 2 atom stereocenters. The fourth-order valence-electron chi connectivity index (χ4n) is 3.96. The number of likely N-dealkylation sites (tertiary alicyclic amines) is 1. The maximum atomic E-state index is 12.8. The first-order chi connectivity index (χ1) is 13.7. The monoisotopic (exact) mass is 387 g/mol. The Morgan fingerprint density at radius 3 is 2.75 bits per heavy atom. The number of nitrogens with two attached hydrogens (primary N) is 1. The minimum absolute atomic E-state index is 0.0413. The van der Waals surface area contributed by atoms with Crippen molar-refractivity contribution < 1.29 is 9.53 Å². The van der Waals surface area contributed by atoms with Gasteiger partial charge in [-0.3, -0.25) is 15.0 Å². The van der Waals surface area contributed by atoms with Gasteiger partial charge in [0, 0.05) is 25.4 Å². The summed E-state index contributed by atoms with van der Waals surface area (Å²) in [6, 6.07) is 9.77. The predicted molar refractivity (Wildman–Crippen MR) is 112 cm³/mol. The molecule has 4 N–H and O–H groups in total. The number of carbonyl (C=O) groups is 1. The molecule has 1 aromatic rings. The van der Waals surface area contributed by atoms with Crippen LogP contribution in [0, 0.1) is 5.92 Å². The second-order valence-electron chi connectivity index (χ2n) is 7.65. The molecule has 2 unspecified atom stereocenters. The molecule has 2 heterocycles. The largest absolute Gasteiger partial charge is 0.381 e. The molecule has 0 saturated carbocycles. The van der Waals surface area contributed by atoms with E-state index in [1.165, 1.54) is 0 Å². The van der Waals surface area contributed by atoms with Crippen LogP contribution in [0.15, 0.2) is 35.3 Å². The average Bonchev–Trinajstić information content (AvgIpc) is 3.17. The van der Waals surface area contributed by atoms with Gasteiger partial charge in [0.15, 0.2) is 5.96 Å². The number of hydrogen-bond donors (Lipinski definition) is 3. The smallest absolute Gasteiger partial charge is 0.244 e. The molecule has 2 aliphatic rings. The van der Waals surface area contributed by atoms with E-state index in [2.05, 4.69) is 20.5 Å². The maximum absolute atomic E-state index is 12.8. The number of amides is 1. The molecule has 2 saturated heterocycles. The molecule has 0 spiro atoms. The Bertz CT molecular complexity index is 645. The van der Waals surface area contributed by atoms with E-state index in [1.807, 2.05) is 37.3 Å². The summed E-state index contributed by atoms with van der Waals surface area (Å²) in [6.07, 6.45) is 4.68. The van der Waals surface area contributed by atoms with E-state index < -0.39 is 0 Å². The number of hydrogen-bond acceptors (Lipinski definition) is 5. The summed E-state index contributed by atoms with van der Waals surface area (Å²) in [6.45, 7) is 5.64. The van der Waals surface area contributed by atoms with Crippen molar-refractivity contribution in [2.75, 3.05) is 31.6 Å². The highest BCUT2D eigenvalue weighted by molar-refractivity contribution is 5.98. The molecule has 0 aliphatic carbocycles. The molecular weight excluding hydrogens is 354 g/mol. The maximum Gasteiger partial charge on any atom is 0.244 e. The van der Waals surface area contributed by atoms with E-state index in [9.17, 15) is 4.79 Å². The van der Waals surface area contributed by atoms with Crippen LogP contribution in [0.1, 0.15) is 39.0 Å². The minimum atomic E-state index is -0.176. The number of para-hydroxylation sites is 1. The summed E-state index contributed by atoms with van der Waals surface area (Å²) in [5.74, 6) is 0.756. The number of guanidine groups is 1. The molecule has 1 aromatic carbocycles. The van der Waals surface area contributed by atoms with Gasteiger partial charge < -0.3 is 15.8 Å². The Morgan fingerprint density at radius 1 is 1.29 bits per heavy atom. The number of carbonyl (C=O) groups excluding carboxylic acids is 1. The zero-order valence-electron chi connectivity index (χ0n) is 16.8. The fraction of sp³-hybridized carbons (Fsp3) is 0.619. The molecule has 1 amide bonds. The average molecular weight is 388 g/mol. The van der Waals surface area contributed by atoms with Gasteiger partial charge in [0.1, 0.15) is 6.17 Å². The van der Waals surface area contributed by atoms with Crippen LogP contribution in [0.5, 0.6) is 0 Å². The van der Waals surface area contributed by atoms with E-state index in [4.69, 9.17) is 10.5 Å². The highest BCUT2D eigenvalue weighted by Crippen LogP contribution is 2.23. The van der Waals surface area contributed by atoms with Gasteiger partial charge in [-0.05, 0) is 56.7 Å². The van der Waals surface area contributed by atoms with Gasteiger partial charge in [-0.25, -0.2) is 4.99 Å². The first-order valence-electron chi connectivity index (χ1n) is 10.4.